The SMILES string of the molecule is COc1ccc(-c2ccc3c(c2)NC(=O)C3=Cc2cnc[nH]2)cc1. The quantitative estimate of drug-likeness (QED) is 0.726. The molecule has 4 rings (SSSR count). The highest BCUT2D eigenvalue weighted by Gasteiger charge is 2.24. The lowest BCUT2D eigenvalue weighted by molar-refractivity contribution is -0.110. The summed E-state index contributed by atoms with van der Waals surface area (Å²) in [6.07, 6.45) is 5.08. The van der Waals surface area contributed by atoms with E-state index in [9.17, 15) is 4.79 Å². The number of benzene rings is 2. The molecule has 0 bridgehead atoms. The maximum Gasteiger partial charge on any atom is 0.256 e. The van der Waals surface area contributed by atoms with Crippen molar-refractivity contribution < 1.29 is 9.53 Å². The molecule has 1 aromatic heterocycles. The van der Waals surface area contributed by atoms with Crippen molar-refractivity contribution in [2.24, 2.45) is 0 Å². The molecule has 2 heterocycles. The summed E-state index contributed by atoms with van der Waals surface area (Å²) in [7, 11) is 1.65. The average molecular weight is 317 g/mol. The van der Waals surface area contributed by atoms with Crippen LogP contribution in [-0.4, -0.2) is 23.0 Å². The molecule has 0 aliphatic carbocycles. The number of methoxy groups -OCH3 is 1. The van der Waals surface area contributed by atoms with Crippen LogP contribution in [0.1, 0.15) is 11.3 Å². The zero-order valence-corrected chi connectivity index (χ0v) is 13.0. The molecule has 1 aliphatic rings. The zero-order valence-electron chi connectivity index (χ0n) is 13.0. The van der Waals surface area contributed by atoms with Gasteiger partial charge < -0.3 is 15.0 Å². The fourth-order valence-corrected chi connectivity index (χ4v) is 2.80. The van der Waals surface area contributed by atoms with E-state index in [0.29, 0.717) is 5.57 Å². The van der Waals surface area contributed by atoms with Crippen LogP contribution in [0.3, 0.4) is 0 Å². The maximum atomic E-state index is 12.3. The minimum Gasteiger partial charge on any atom is -0.497 e. The number of rotatable bonds is 3. The summed E-state index contributed by atoms with van der Waals surface area (Å²) < 4.78 is 5.18. The van der Waals surface area contributed by atoms with Gasteiger partial charge in [0.2, 0.25) is 0 Å². The predicted molar refractivity (Wildman–Crippen MR) is 93.5 cm³/mol. The van der Waals surface area contributed by atoms with Gasteiger partial charge in [-0.2, -0.15) is 0 Å². The summed E-state index contributed by atoms with van der Waals surface area (Å²) in [4.78, 5) is 19.2. The Bertz CT molecular complexity index is 926. The molecule has 0 spiro atoms. The summed E-state index contributed by atoms with van der Waals surface area (Å²) in [6, 6.07) is 13.8. The number of nitrogens with zero attached hydrogens (tertiary/aromatic N) is 1. The van der Waals surface area contributed by atoms with Crippen molar-refractivity contribution in [1.82, 2.24) is 9.97 Å². The molecule has 118 valence electrons. The Morgan fingerprint density at radius 1 is 1.08 bits per heavy atom. The minimum absolute atomic E-state index is 0.105. The predicted octanol–water partition coefficient (Wildman–Crippen LogP) is 3.58. The van der Waals surface area contributed by atoms with Crippen LogP contribution in [0, 0.1) is 0 Å². The van der Waals surface area contributed by atoms with Crippen LogP contribution in [0.2, 0.25) is 0 Å². The Morgan fingerprint density at radius 2 is 1.88 bits per heavy atom. The third kappa shape index (κ3) is 2.46. The molecule has 0 saturated carbocycles. The van der Waals surface area contributed by atoms with Crippen LogP contribution in [-0.2, 0) is 4.79 Å². The smallest absolute Gasteiger partial charge is 0.256 e. The Hall–Kier alpha value is -3.34. The molecule has 3 aromatic rings. The molecule has 1 aliphatic heterocycles. The van der Waals surface area contributed by atoms with Gasteiger partial charge in [0.25, 0.3) is 5.91 Å². The second kappa shape index (κ2) is 5.70. The van der Waals surface area contributed by atoms with Crippen molar-refractivity contribution in [2.45, 2.75) is 0 Å². The number of nitrogens with one attached hydrogen (secondary N) is 2. The third-order valence-corrected chi connectivity index (χ3v) is 4.05. The van der Waals surface area contributed by atoms with E-state index < -0.39 is 0 Å². The number of H-pyrrole nitrogens is 1. The van der Waals surface area contributed by atoms with Crippen LogP contribution < -0.4 is 10.1 Å². The Kier molecular flexibility index (Phi) is 3.39. The lowest BCUT2D eigenvalue weighted by Gasteiger charge is -2.06. The molecule has 5 nitrogen and oxygen atoms in total. The normalized spacial score (nSPS) is 14.5. The van der Waals surface area contributed by atoms with Crippen molar-refractivity contribution in [3.05, 3.63) is 66.2 Å². The molecule has 1 amide bonds. The molecule has 0 saturated heterocycles. The number of anilines is 1. The first kappa shape index (κ1) is 14.3. The van der Waals surface area contributed by atoms with Gasteiger partial charge in [0.1, 0.15) is 5.75 Å². The zero-order chi connectivity index (χ0) is 16.5. The van der Waals surface area contributed by atoms with E-state index in [1.807, 2.05) is 42.5 Å². The topological polar surface area (TPSA) is 67.0 Å². The van der Waals surface area contributed by atoms with Gasteiger partial charge in [0.05, 0.1) is 30.9 Å². The number of aromatic nitrogens is 2. The highest BCUT2D eigenvalue weighted by Crippen LogP contribution is 2.36. The lowest BCUT2D eigenvalue weighted by atomic mass is 10.00. The largest absolute Gasteiger partial charge is 0.497 e. The van der Waals surface area contributed by atoms with Crippen LogP contribution in [0.5, 0.6) is 5.75 Å². The highest BCUT2D eigenvalue weighted by atomic mass is 16.5. The number of amides is 1. The summed E-state index contributed by atoms with van der Waals surface area (Å²) in [6.45, 7) is 0. The third-order valence-electron chi connectivity index (χ3n) is 4.05. The molecule has 2 aromatic carbocycles. The first-order chi connectivity index (χ1) is 11.7. The second-order valence-corrected chi connectivity index (χ2v) is 5.51. The number of ether oxygens (including phenoxy) is 1. The fraction of sp³-hybridized carbons (Fsp3) is 0.0526. The van der Waals surface area contributed by atoms with Crippen molar-refractivity contribution in [3.8, 4) is 16.9 Å². The number of carbonyl (C=O) groups is 1. The Morgan fingerprint density at radius 3 is 2.58 bits per heavy atom. The minimum atomic E-state index is -0.105. The number of aromatic amines is 1. The lowest BCUT2D eigenvalue weighted by Crippen LogP contribution is -2.03. The number of hydrogen-bond acceptors (Lipinski definition) is 3. The van der Waals surface area contributed by atoms with Gasteiger partial charge >= 0.3 is 0 Å². The summed E-state index contributed by atoms with van der Waals surface area (Å²) in [5, 5.41) is 2.93. The molecule has 24 heavy (non-hydrogen) atoms. The van der Waals surface area contributed by atoms with E-state index in [0.717, 1.165) is 33.8 Å². The van der Waals surface area contributed by atoms with Gasteiger partial charge in [-0.1, -0.05) is 24.3 Å². The highest BCUT2D eigenvalue weighted by molar-refractivity contribution is 6.35. The van der Waals surface area contributed by atoms with Crippen molar-refractivity contribution in [1.29, 1.82) is 0 Å². The summed E-state index contributed by atoms with van der Waals surface area (Å²) >= 11 is 0. The van der Waals surface area contributed by atoms with E-state index >= 15 is 0 Å². The van der Waals surface area contributed by atoms with Gasteiger partial charge in [-0.05, 0) is 35.4 Å². The standard InChI is InChI=1S/C19H15N3O2/c1-24-15-5-2-12(3-6-15)13-4-7-16-17(9-14-10-20-11-21-14)19(23)22-18(16)8-13/h2-11H,1H3,(H,20,21)(H,22,23). The number of hydrogen-bond donors (Lipinski definition) is 2. The monoisotopic (exact) mass is 317 g/mol. The number of carbonyl (C=O) groups excluding carboxylic acids is 1. The van der Waals surface area contributed by atoms with E-state index in [1.165, 1.54) is 0 Å². The molecule has 0 radical (unpaired) electrons. The van der Waals surface area contributed by atoms with Crippen LogP contribution in [0.4, 0.5) is 5.69 Å². The van der Waals surface area contributed by atoms with Gasteiger partial charge in [0, 0.05) is 11.3 Å². The van der Waals surface area contributed by atoms with E-state index in [4.69, 9.17) is 4.74 Å². The number of imidazole rings is 1. The van der Waals surface area contributed by atoms with E-state index in [1.54, 1.807) is 25.7 Å². The van der Waals surface area contributed by atoms with E-state index in [2.05, 4.69) is 15.3 Å². The van der Waals surface area contributed by atoms with Crippen LogP contribution in [0.25, 0.3) is 22.8 Å². The van der Waals surface area contributed by atoms with Gasteiger partial charge in [-0.25, -0.2) is 4.98 Å². The molecule has 2 N–H and O–H groups in total. The van der Waals surface area contributed by atoms with Gasteiger partial charge in [0.15, 0.2) is 0 Å². The fourth-order valence-electron chi connectivity index (χ4n) is 2.80. The molecule has 5 heteroatoms. The Labute approximate surface area is 139 Å². The van der Waals surface area contributed by atoms with Gasteiger partial charge in [-0.15, -0.1) is 0 Å². The summed E-state index contributed by atoms with van der Waals surface area (Å²) in [5.74, 6) is 0.712. The number of fused-ring (bicyclic) bond motifs is 1. The maximum absolute atomic E-state index is 12.3. The Balaban J connectivity index is 1.72. The van der Waals surface area contributed by atoms with Gasteiger partial charge in [-0.3, -0.25) is 4.79 Å². The second-order valence-electron chi connectivity index (χ2n) is 5.51. The molecular weight excluding hydrogens is 302 g/mol. The van der Waals surface area contributed by atoms with Crippen LogP contribution in [0.15, 0.2) is 55.0 Å². The first-order valence-corrected chi connectivity index (χ1v) is 7.55. The molecular formula is C19H15N3O2. The van der Waals surface area contributed by atoms with Crippen molar-refractivity contribution in [3.63, 3.8) is 0 Å². The molecule has 0 atom stereocenters. The first-order valence-electron chi connectivity index (χ1n) is 7.55. The van der Waals surface area contributed by atoms with Crippen molar-refractivity contribution in [2.75, 3.05) is 12.4 Å². The molecule has 0 unspecified atom stereocenters. The van der Waals surface area contributed by atoms with E-state index in [-0.39, 0.29) is 5.91 Å². The van der Waals surface area contributed by atoms with Crippen LogP contribution >= 0.6 is 0 Å². The van der Waals surface area contributed by atoms with Crippen molar-refractivity contribution >= 4 is 23.2 Å². The summed E-state index contributed by atoms with van der Waals surface area (Å²) in [5.41, 5.74) is 5.26. The molecule has 0 fully saturated rings. The average Bonchev–Trinajstić information content (AvgIpc) is 3.23.